The topological polar surface area (TPSA) is 169 Å². The van der Waals surface area contributed by atoms with Gasteiger partial charge >= 0.3 is 0 Å². The zero-order valence-electron chi connectivity index (χ0n) is 23.9. The number of anilines is 1. The molecule has 0 aliphatic carbocycles. The lowest BCUT2D eigenvalue weighted by atomic mass is 10.0. The summed E-state index contributed by atoms with van der Waals surface area (Å²) in [7, 11) is -2.46. The van der Waals surface area contributed by atoms with Crippen LogP contribution in [0, 0.1) is 11.3 Å². The highest BCUT2D eigenvalue weighted by atomic mass is 32.2. The minimum absolute atomic E-state index is 0.250. The van der Waals surface area contributed by atoms with Crippen molar-refractivity contribution < 1.29 is 33.2 Å². The van der Waals surface area contributed by atoms with Crippen molar-refractivity contribution in [1.82, 2.24) is 14.2 Å². The molecule has 5 N–H and O–H groups in total. The van der Waals surface area contributed by atoms with Crippen molar-refractivity contribution in [2.75, 3.05) is 57.9 Å². The first kappa shape index (κ1) is 31.1. The maximum absolute atomic E-state index is 12.9. The molecule has 43 heavy (non-hydrogen) atoms. The number of morpholine rings is 1. The fourth-order valence-corrected chi connectivity index (χ4v) is 6.22. The van der Waals surface area contributed by atoms with Crippen molar-refractivity contribution in [1.29, 1.82) is 5.26 Å². The molecule has 230 valence electrons. The molecule has 2 saturated heterocycles. The van der Waals surface area contributed by atoms with E-state index in [1.54, 1.807) is 23.8 Å². The third kappa shape index (κ3) is 7.26. The van der Waals surface area contributed by atoms with Crippen LogP contribution < -0.4 is 10.0 Å². The van der Waals surface area contributed by atoms with Crippen LogP contribution in [0.3, 0.4) is 0 Å². The zero-order chi connectivity index (χ0) is 30.6. The minimum Gasteiger partial charge on any atom is -0.388 e. The third-order valence-electron chi connectivity index (χ3n) is 7.92. The van der Waals surface area contributed by atoms with E-state index in [1.165, 1.54) is 6.08 Å². The molecule has 12 nitrogen and oxygen atoms in total. The van der Waals surface area contributed by atoms with Crippen LogP contribution in [0.15, 0.2) is 53.4 Å². The van der Waals surface area contributed by atoms with Crippen LogP contribution in [0.4, 0.5) is 5.69 Å². The molecule has 0 spiro atoms. The van der Waals surface area contributed by atoms with Crippen LogP contribution >= 0.6 is 0 Å². The molecule has 4 atom stereocenters. The Balaban J connectivity index is 1.26. The second kappa shape index (κ2) is 13.5. The number of aromatic nitrogens is 1. The number of nitriles is 1. The van der Waals surface area contributed by atoms with E-state index < -0.39 is 39.3 Å². The number of allylic oxidation sites excluding steroid dienone is 1. The average Bonchev–Trinajstić information content (AvgIpc) is 3.38. The standard InChI is InChI=1S/C30H37N5O7S/c1-34-24(16-25(17-31)43(39,40)33-18-28-30(38)29(37)27(36)19-42-28)6-7-26(34)22-3-2-21-15-23(5-4-20(21)14-22)32-8-9-35-10-12-41-13-11-35/h2-7,14-16,27-30,32-33,36-38H,8-13,18-19H2,1H3/b25-16+/t27-,28+,29+,30+/m0/s1. The Kier molecular flexibility index (Phi) is 9.80. The lowest BCUT2D eigenvalue weighted by Gasteiger charge is -2.35. The number of nitrogens with zero attached hydrogens (tertiary/aromatic N) is 3. The molecule has 3 aromatic rings. The molecule has 13 heteroatoms. The Labute approximate surface area is 250 Å². The number of aliphatic hydroxyl groups is 3. The van der Waals surface area contributed by atoms with Crippen LogP contribution in [-0.4, -0.2) is 110 Å². The Morgan fingerprint density at radius 1 is 1.07 bits per heavy atom. The van der Waals surface area contributed by atoms with E-state index in [0.29, 0.717) is 5.69 Å². The van der Waals surface area contributed by atoms with Gasteiger partial charge in [-0.3, -0.25) is 4.90 Å². The molecular formula is C30H37N5O7S. The summed E-state index contributed by atoms with van der Waals surface area (Å²) in [4.78, 5) is 1.87. The van der Waals surface area contributed by atoms with Crippen molar-refractivity contribution in [3.8, 4) is 17.3 Å². The largest absolute Gasteiger partial charge is 0.388 e. The van der Waals surface area contributed by atoms with Crippen molar-refractivity contribution in [2.24, 2.45) is 7.05 Å². The molecule has 0 radical (unpaired) electrons. The fraction of sp³-hybridized carbons (Fsp3) is 0.433. The van der Waals surface area contributed by atoms with Gasteiger partial charge in [-0.05, 0) is 52.7 Å². The number of ether oxygens (including phenoxy) is 2. The summed E-state index contributed by atoms with van der Waals surface area (Å²) < 4.78 is 40.5. The summed E-state index contributed by atoms with van der Waals surface area (Å²) in [5, 5.41) is 44.8. The molecule has 0 bridgehead atoms. The molecule has 2 aliphatic heterocycles. The quantitative estimate of drug-likeness (QED) is 0.207. The summed E-state index contributed by atoms with van der Waals surface area (Å²) in [5.74, 6) is 0. The Bertz CT molecular complexity index is 1610. The van der Waals surface area contributed by atoms with Crippen LogP contribution in [0.25, 0.3) is 28.1 Å². The summed E-state index contributed by atoms with van der Waals surface area (Å²) in [6, 6.07) is 17.7. The lowest BCUT2D eigenvalue weighted by Crippen LogP contribution is -2.56. The molecule has 2 aliphatic rings. The molecule has 3 heterocycles. The first-order valence-corrected chi connectivity index (χ1v) is 15.7. The Morgan fingerprint density at radius 2 is 1.81 bits per heavy atom. The maximum atomic E-state index is 12.9. The molecule has 2 aromatic carbocycles. The fourth-order valence-electron chi connectivity index (χ4n) is 5.28. The average molecular weight is 612 g/mol. The smallest absolute Gasteiger partial charge is 0.250 e. The predicted octanol–water partition coefficient (Wildman–Crippen LogP) is 0.855. The molecule has 0 unspecified atom stereocenters. The van der Waals surface area contributed by atoms with Gasteiger partial charge in [0.2, 0.25) is 0 Å². The Hall–Kier alpha value is -3.32. The molecule has 1 aromatic heterocycles. The summed E-state index contributed by atoms with van der Waals surface area (Å²) in [6.07, 6.45) is -4.02. The monoisotopic (exact) mass is 611 g/mol. The van der Waals surface area contributed by atoms with Crippen LogP contribution in [0.5, 0.6) is 0 Å². The number of nitrogens with one attached hydrogen (secondary N) is 2. The third-order valence-corrected chi connectivity index (χ3v) is 9.25. The highest BCUT2D eigenvalue weighted by molar-refractivity contribution is 7.93. The van der Waals surface area contributed by atoms with Gasteiger partial charge in [0.25, 0.3) is 10.0 Å². The van der Waals surface area contributed by atoms with E-state index >= 15 is 0 Å². The molecule has 0 saturated carbocycles. The van der Waals surface area contributed by atoms with E-state index in [-0.39, 0.29) is 13.2 Å². The van der Waals surface area contributed by atoms with Crippen molar-refractivity contribution in [2.45, 2.75) is 24.4 Å². The Morgan fingerprint density at radius 3 is 2.58 bits per heavy atom. The second-order valence-corrected chi connectivity index (χ2v) is 12.5. The van der Waals surface area contributed by atoms with Crippen LogP contribution in [0.2, 0.25) is 0 Å². The molecule has 2 fully saturated rings. The van der Waals surface area contributed by atoms with Crippen LogP contribution in [0.1, 0.15) is 5.69 Å². The van der Waals surface area contributed by atoms with Crippen molar-refractivity contribution in [3.05, 3.63) is 59.1 Å². The number of rotatable bonds is 10. The van der Waals surface area contributed by atoms with Gasteiger partial charge in [-0.2, -0.15) is 5.26 Å². The number of hydrogen-bond donors (Lipinski definition) is 5. The molecular weight excluding hydrogens is 574 g/mol. The van der Waals surface area contributed by atoms with Crippen molar-refractivity contribution in [3.63, 3.8) is 0 Å². The summed E-state index contributed by atoms with van der Waals surface area (Å²) >= 11 is 0. The summed E-state index contributed by atoms with van der Waals surface area (Å²) in [6.45, 7) is 4.67. The normalized spacial score (nSPS) is 23.7. The van der Waals surface area contributed by atoms with Crippen LogP contribution in [-0.2, 0) is 26.5 Å². The SMILES string of the molecule is Cn1c(/C=C(\C#N)S(=O)(=O)NC[C@H]2OC[C@H](O)[C@@H](O)[C@@H]2O)ccc1-c1ccc2cc(NCCN3CCOCC3)ccc2c1. The number of aliphatic hydroxyl groups excluding tert-OH is 3. The highest BCUT2D eigenvalue weighted by Gasteiger charge is 2.38. The second-order valence-electron chi connectivity index (χ2n) is 10.8. The van der Waals surface area contributed by atoms with Gasteiger partial charge in [-0.15, -0.1) is 0 Å². The minimum atomic E-state index is -4.26. The number of fused-ring (bicyclic) bond motifs is 1. The van der Waals surface area contributed by atoms with E-state index in [1.807, 2.05) is 18.2 Å². The van der Waals surface area contributed by atoms with E-state index in [0.717, 1.165) is 67.1 Å². The lowest BCUT2D eigenvalue weighted by molar-refractivity contribution is -0.184. The predicted molar refractivity (Wildman–Crippen MR) is 162 cm³/mol. The molecule has 5 rings (SSSR count). The van der Waals surface area contributed by atoms with E-state index in [9.17, 15) is 29.0 Å². The van der Waals surface area contributed by atoms with Gasteiger partial charge in [-0.1, -0.05) is 18.2 Å². The van der Waals surface area contributed by atoms with Gasteiger partial charge in [0.15, 0.2) is 4.91 Å². The number of sulfonamides is 1. The van der Waals surface area contributed by atoms with E-state index in [2.05, 4.69) is 39.2 Å². The van der Waals surface area contributed by atoms with Gasteiger partial charge in [-0.25, -0.2) is 13.1 Å². The van der Waals surface area contributed by atoms with Crippen molar-refractivity contribution >= 4 is 32.6 Å². The van der Waals surface area contributed by atoms with Gasteiger partial charge < -0.3 is 34.7 Å². The molecule has 0 amide bonds. The van der Waals surface area contributed by atoms with E-state index in [4.69, 9.17) is 9.47 Å². The van der Waals surface area contributed by atoms with Gasteiger partial charge in [0.1, 0.15) is 24.4 Å². The number of benzene rings is 2. The number of hydrogen-bond acceptors (Lipinski definition) is 10. The maximum Gasteiger partial charge on any atom is 0.250 e. The first-order chi connectivity index (χ1) is 20.7. The van der Waals surface area contributed by atoms with Gasteiger partial charge in [0, 0.05) is 56.8 Å². The zero-order valence-corrected chi connectivity index (χ0v) is 24.7. The summed E-state index contributed by atoms with van der Waals surface area (Å²) in [5.41, 5.74) is 3.34. The highest BCUT2D eigenvalue weighted by Crippen LogP contribution is 2.28. The first-order valence-electron chi connectivity index (χ1n) is 14.2. The van der Waals surface area contributed by atoms with Gasteiger partial charge in [0.05, 0.1) is 25.9 Å².